The molecule has 0 radical (unpaired) electrons. The summed E-state index contributed by atoms with van der Waals surface area (Å²) in [4.78, 5) is 12.1. The van der Waals surface area contributed by atoms with Crippen LogP contribution in [0.5, 0.6) is 0 Å². The minimum atomic E-state index is -0.438. The van der Waals surface area contributed by atoms with Gasteiger partial charge in [0, 0.05) is 24.2 Å². The average Bonchev–Trinajstić information content (AvgIpc) is 2.72. The van der Waals surface area contributed by atoms with Gasteiger partial charge in [0.05, 0.1) is 13.2 Å². The normalized spacial score (nSPS) is 42.3. The van der Waals surface area contributed by atoms with Gasteiger partial charge >= 0.3 is 0 Å². The van der Waals surface area contributed by atoms with E-state index in [4.69, 9.17) is 9.47 Å². The van der Waals surface area contributed by atoms with Crippen LogP contribution in [0.25, 0.3) is 0 Å². The van der Waals surface area contributed by atoms with Gasteiger partial charge in [-0.15, -0.1) is 0 Å². The zero-order chi connectivity index (χ0) is 11.2. The molecule has 3 rings (SSSR count). The van der Waals surface area contributed by atoms with Crippen LogP contribution in [0.2, 0.25) is 0 Å². The fourth-order valence-corrected chi connectivity index (χ4v) is 4.02. The molecule has 3 nitrogen and oxygen atoms in total. The topological polar surface area (TPSA) is 35.5 Å². The third-order valence-corrected chi connectivity index (χ3v) is 4.90. The molecule has 0 unspecified atom stereocenters. The smallest absolute Gasteiger partial charge is 0.174 e. The Labute approximate surface area is 96.5 Å². The maximum absolute atomic E-state index is 12.1. The van der Waals surface area contributed by atoms with Crippen LogP contribution in [0.1, 0.15) is 45.4 Å². The van der Waals surface area contributed by atoms with Gasteiger partial charge in [-0.2, -0.15) is 0 Å². The molecule has 2 saturated carbocycles. The molecule has 3 heteroatoms. The molecule has 1 spiro atoms. The molecular weight excluding hydrogens is 204 g/mol. The predicted molar refractivity (Wildman–Crippen MR) is 58.9 cm³/mol. The molecule has 1 saturated heterocycles. The second kappa shape index (κ2) is 3.54. The third kappa shape index (κ3) is 1.25. The van der Waals surface area contributed by atoms with E-state index in [-0.39, 0.29) is 11.3 Å². The zero-order valence-electron chi connectivity index (χ0n) is 9.96. The van der Waals surface area contributed by atoms with Gasteiger partial charge in [0.2, 0.25) is 0 Å². The van der Waals surface area contributed by atoms with E-state index in [9.17, 15) is 4.79 Å². The van der Waals surface area contributed by atoms with Crippen molar-refractivity contribution in [2.45, 2.75) is 51.2 Å². The van der Waals surface area contributed by atoms with Crippen LogP contribution in [0.15, 0.2) is 0 Å². The highest BCUT2D eigenvalue weighted by Crippen LogP contribution is 2.57. The Morgan fingerprint density at radius 3 is 2.69 bits per heavy atom. The van der Waals surface area contributed by atoms with E-state index in [1.54, 1.807) is 0 Å². The van der Waals surface area contributed by atoms with Crippen LogP contribution < -0.4 is 0 Å². The average molecular weight is 224 g/mol. The van der Waals surface area contributed by atoms with Gasteiger partial charge in [-0.25, -0.2) is 0 Å². The number of fused-ring (bicyclic) bond motifs is 2. The van der Waals surface area contributed by atoms with Gasteiger partial charge in [-0.1, -0.05) is 6.92 Å². The van der Waals surface area contributed by atoms with Crippen molar-refractivity contribution in [3.05, 3.63) is 0 Å². The highest BCUT2D eigenvalue weighted by Gasteiger charge is 2.60. The Kier molecular flexibility index (Phi) is 2.37. The van der Waals surface area contributed by atoms with Crippen LogP contribution in [0, 0.1) is 11.3 Å². The van der Waals surface area contributed by atoms with Crippen LogP contribution in [0.3, 0.4) is 0 Å². The van der Waals surface area contributed by atoms with Gasteiger partial charge < -0.3 is 9.47 Å². The Balaban J connectivity index is 1.98. The first-order chi connectivity index (χ1) is 7.68. The largest absolute Gasteiger partial charge is 0.347 e. The van der Waals surface area contributed by atoms with Gasteiger partial charge in [0.1, 0.15) is 5.78 Å². The van der Waals surface area contributed by atoms with E-state index in [1.807, 2.05) is 0 Å². The Morgan fingerprint density at radius 1 is 1.19 bits per heavy atom. The first-order valence-corrected chi connectivity index (χ1v) is 6.49. The van der Waals surface area contributed by atoms with Crippen molar-refractivity contribution in [2.75, 3.05) is 13.2 Å². The molecule has 2 atom stereocenters. The maximum Gasteiger partial charge on any atom is 0.174 e. The number of ether oxygens (including phenoxy) is 2. The summed E-state index contributed by atoms with van der Waals surface area (Å²) >= 11 is 0. The standard InChI is InChI=1S/C13H20O3/c1-12-6-3-5-11(14)10(12)4-2-7-13(12)15-8-9-16-13/h10H,2-9H2,1H3/t10-,12-/m0/s1. The lowest BCUT2D eigenvalue weighted by molar-refractivity contribution is -0.270. The van der Waals surface area contributed by atoms with Crippen molar-refractivity contribution >= 4 is 5.78 Å². The van der Waals surface area contributed by atoms with Gasteiger partial charge in [0.25, 0.3) is 0 Å². The van der Waals surface area contributed by atoms with Crippen LogP contribution in [0.4, 0.5) is 0 Å². The fourth-order valence-electron chi connectivity index (χ4n) is 4.02. The van der Waals surface area contributed by atoms with Crippen LogP contribution >= 0.6 is 0 Å². The van der Waals surface area contributed by atoms with E-state index >= 15 is 0 Å². The minimum Gasteiger partial charge on any atom is -0.347 e. The summed E-state index contributed by atoms with van der Waals surface area (Å²) in [5.41, 5.74) is -0.0723. The number of Topliss-reactive ketones (excluding diaryl/α,β-unsaturated/α-hetero) is 1. The predicted octanol–water partition coefficient (Wildman–Crippen LogP) is 2.29. The van der Waals surface area contributed by atoms with E-state index in [0.717, 1.165) is 38.5 Å². The number of ketones is 1. The molecule has 90 valence electrons. The molecule has 0 amide bonds. The first kappa shape index (κ1) is 10.7. The lowest BCUT2D eigenvalue weighted by Gasteiger charge is -2.53. The second-order valence-corrected chi connectivity index (χ2v) is 5.63. The van der Waals surface area contributed by atoms with Crippen LogP contribution in [-0.2, 0) is 14.3 Å². The molecular formula is C13H20O3. The summed E-state index contributed by atoms with van der Waals surface area (Å²) < 4.78 is 11.9. The highest BCUT2D eigenvalue weighted by molar-refractivity contribution is 5.83. The molecule has 0 aromatic heterocycles. The molecule has 0 N–H and O–H groups in total. The summed E-state index contributed by atoms with van der Waals surface area (Å²) in [6, 6.07) is 0. The first-order valence-electron chi connectivity index (χ1n) is 6.49. The summed E-state index contributed by atoms with van der Waals surface area (Å²) in [6.07, 6.45) is 5.89. The van der Waals surface area contributed by atoms with E-state index in [0.29, 0.717) is 19.0 Å². The highest BCUT2D eigenvalue weighted by atomic mass is 16.7. The summed E-state index contributed by atoms with van der Waals surface area (Å²) in [6.45, 7) is 3.59. The molecule has 3 aliphatic rings. The van der Waals surface area contributed by atoms with Crippen molar-refractivity contribution < 1.29 is 14.3 Å². The SMILES string of the molecule is C[C@]12CCCC(=O)[C@@H]1CCCC21OCCO1. The lowest BCUT2D eigenvalue weighted by Crippen LogP contribution is -2.57. The van der Waals surface area contributed by atoms with Gasteiger partial charge in [0.15, 0.2) is 5.79 Å². The van der Waals surface area contributed by atoms with Crippen molar-refractivity contribution in [2.24, 2.45) is 11.3 Å². The van der Waals surface area contributed by atoms with Crippen LogP contribution in [-0.4, -0.2) is 24.8 Å². The quantitative estimate of drug-likeness (QED) is 0.633. The van der Waals surface area contributed by atoms with Gasteiger partial charge in [-0.3, -0.25) is 4.79 Å². The Bertz CT molecular complexity index is 306. The second-order valence-electron chi connectivity index (χ2n) is 5.63. The number of rotatable bonds is 0. The monoisotopic (exact) mass is 224 g/mol. The molecule has 1 aliphatic heterocycles. The Morgan fingerprint density at radius 2 is 1.94 bits per heavy atom. The number of hydrogen-bond donors (Lipinski definition) is 0. The molecule has 0 aromatic rings. The van der Waals surface area contributed by atoms with Crippen molar-refractivity contribution in [1.29, 1.82) is 0 Å². The minimum absolute atomic E-state index is 0.0723. The van der Waals surface area contributed by atoms with E-state index in [2.05, 4.69) is 6.92 Å². The van der Waals surface area contributed by atoms with Crippen molar-refractivity contribution in [3.63, 3.8) is 0 Å². The fraction of sp³-hybridized carbons (Fsp3) is 0.923. The third-order valence-electron chi connectivity index (χ3n) is 4.90. The molecule has 1 heterocycles. The number of carbonyl (C=O) groups is 1. The summed E-state index contributed by atoms with van der Waals surface area (Å²) in [5.74, 6) is 0.173. The van der Waals surface area contributed by atoms with E-state index < -0.39 is 5.79 Å². The summed E-state index contributed by atoms with van der Waals surface area (Å²) in [7, 11) is 0. The maximum atomic E-state index is 12.1. The van der Waals surface area contributed by atoms with E-state index in [1.165, 1.54) is 0 Å². The van der Waals surface area contributed by atoms with Gasteiger partial charge in [-0.05, 0) is 25.7 Å². The number of carbonyl (C=O) groups excluding carboxylic acids is 1. The molecule has 0 bridgehead atoms. The lowest BCUT2D eigenvalue weighted by atomic mass is 9.57. The molecule has 3 fully saturated rings. The molecule has 16 heavy (non-hydrogen) atoms. The zero-order valence-corrected chi connectivity index (χ0v) is 9.96. The van der Waals surface area contributed by atoms with Crippen molar-refractivity contribution in [3.8, 4) is 0 Å². The van der Waals surface area contributed by atoms with Crippen molar-refractivity contribution in [1.82, 2.24) is 0 Å². The molecule has 0 aromatic carbocycles. The number of hydrogen-bond acceptors (Lipinski definition) is 3. The summed E-state index contributed by atoms with van der Waals surface area (Å²) in [5, 5.41) is 0. The molecule has 2 aliphatic carbocycles. The Hall–Kier alpha value is -0.410.